The fourth-order valence-electron chi connectivity index (χ4n) is 1.43. The molecule has 0 aliphatic carbocycles. The number of rotatable bonds is 3. The van der Waals surface area contributed by atoms with Gasteiger partial charge in [-0.3, -0.25) is 10.1 Å². The zero-order valence-corrected chi connectivity index (χ0v) is 11.5. The number of benzene rings is 1. The molecule has 0 saturated heterocycles. The third-order valence-electron chi connectivity index (χ3n) is 2.12. The first-order valence-electron chi connectivity index (χ1n) is 4.99. The summed E-state index contributed by atoms with van der Waals surface area (Å²) in [4.78, 5) is 14.1. The number of hydrogen-bond acceptors (Lipinski definition) is 4. The van der Waals surface area contributed by atoms with Crippen LogP contribution in [0.5, 0.6) is 0 Å². The molecule has 1 aromatic heterocycles. The Bertz CT molecular complexity index is 629. The van der Waals surface area contributed by atoms with Crippen LogP contribution in [0.3, 0.4) is 0 Å². The molecule has 2 rings (SSSR count). The monoisotopic (exact) mass is 317 g/mol. The van der Waals surface area contributed by atoms with Crippen molar-refractivity contribution >= 4 is 52.0 Å². The summed E-state index contributed by atoms with van der Waals surface area (Å²) in [5.74, 6) is 0.234. The van der Waals surface area contributed by atoms with Gasteiger partial charge in [0, 0.05) is 15.7 Å². The molecule has 0 bridgehead atoms. The Kier molecular flexibility index (Phi) is 4.09. The lowest BCUT2D eigenvalue weighted by atomic mass is 10.3. The standard InChI is InChI=1S/C11H6Cl3N3O2/c12-6-1-7(13)3-8(2-6)15-11-5-9(17(18)19)4-10(14)16-11/h1-5H,(H,15,16). The maximum atomic E-state index is 10.7. The highest BCUT2D eigenvalue weighted by atomic mass is 35.5. The minimum Gasteiger partial charge on any atom is -0.340 e. The summed E-state index contributed by atoms with van der Waals surface area (Å²) >= 11 is 17.4. The summed E-state index contributed by atoms with van der Waals surface area (Å²) in [5, 5.41) is 14.5. The van der Waals surface area contributed by atoms with Crippen molar-refractivity contribution in [2.45, 2.75) is 0 Å². The van der Waals surface area contributed by atoms with Crippen molar-refractivity contribution in [1.82, 2.24) is 4.98 Å². The van der Waals surface area contributed by atoms with Crippen LogP contribution in [0.1, 0.15) is 0 Å². The van der Waals surface area contributed by atoms with E-state index in [1.807, 2.05) is 0 Å². The van der Waals surface area contributed by atoms with E-state index in [9.17, 15) is 10.1 Å². The zero-order valence-electron chi connectivity index (χ0n) is 9.23. The third-order valence-corrected chi connectivity index (χ3v) is 2.75. The fourth-order valence-corrected chi connectivity index (χ4v) is 2.16. The van der Waals surface area contributed by atoms with Crippen molar-refractivity contribution in [2.75, 3.05) is 5.32 Å². The first-order chi connectivity index (χ1) is 8.94. The summed E-state index contributed by atoms with van der Waals surface area (Å²) in [6.07, 6.45) is 0. The SMILES string of the molecule is O=[N+]([O-])c1cc(Cl)nc(Nc2cc(Cl)cc(Cl)c2)c1. The van der Waals surface area contributed by atoms with Crippen LogP contribution in [0.25, 0.3) is 0 Å². The van der Waals surface area contributed by atoms with E-state index < -0.39 is 4.92 Å². The molecule has 98 valence electrons. The number of hydrogen-bond donors (Lipinski definition) is 1. The molecule has 1 aromatic carbocycles. The van der Waals surface area contributed by atoms with E-state index in [1.165, 1.54) is 6.07 Å². The first-order valence-corrected chi connectivity index (χ1v) is 6.12. The molecule has 0 amide bonds. The zero-order chi connectivity index (χ0) is 14.0. The van der Waals surface area contributed by atoms with Crippen LogP contribution in [-0.4, -0.2) is 9.91 Å². The lowest BCUT2D eigenvalue weighted by Crippen LogP contribution is -1.96. The largest absolute Gasteiger partial charge is 0.340 e. The maximum absolute atomic E-state index is 10.7. The van der Waals surface area contributed by atoms with Crippen molar-refractivity contribution in [3.63, 3.8) is 0 Å². The van der Waals surface area contributed by atoms with Gasteiger partial charge in [-0.15, -0.1) is 0 Å². The average Bonchev–Trinajstić information content (AvgIpc) is 2.26. The average molecular weight is 319 g/mol. The molecule has 0 spiro atoms. The number of anilines is 2. The molecule has 0 atom stereocenters. The molecule has 0 radical (unpaired) electrons. The number of nitrogens with one attached hydrogen (secondary N) is 1. The quantitative estimate of drug-likeness (QED) is 0.506. The highest BCUT2D eigenvalue weighted by molar-refractivity contribution is 6.35. The Morgan fingerprint density at radius 1 is 1.05 bits per heavy atom. The number of nitro groups is 1. The Morgan fingerprint density at radius 2 is 1.68 bits per heavy atom. The predicted molar refractivity (Wildman–Crippen MR) is 75.6 cm³/mol. The molecular weight excluding hydrogens is 312 g/mol. The Labute approximate surface area is 123 Å². The molecule has 19 heavy (non-hydrogen) atoms. The summed E-state index contributed by atoms with van der Waals surface area (Å²) in [5.41, 5.74) is 0.400. The van der Waals surface area contributed by atoms with Crippen molar-refractivity contribution in [3.8, 4) is 0 Å². The van der Waals surface area contributed by atoms with Gasteiger partial charge in [0.25, 0.3) is 5.69 Å². The van der Waals surface area contributed by atoms with Crippen LogP contribution in [0.15, 0.2) is 30.3 Å². The highest BCUT2D eigenvalue weighted by Gasteiger charge is 2.10. The molecular formula is C11H6Cl3N3O2. The van der Waals surface area contributed by atoms with Gasteiger partial charge in [-0.1, -0.05) is 34.8 Å². The fraction of sp³-hybridized carbons (Fsp3) is 0. The van der Waals surface area contributed by atoms with E-state index in [-0.39, 0.29) is 16.7 Å². The van der Waals surface area contributed by atoms with Gasteiger partial charge in [0.15, 0.2) is 0 Å². The van der Waals surface area contributed by atoms with E-state index in [4.69, 9.17) is 34.8 Å². The first kappa shape index (κ1) is 13.9. The lowest BCUT2D eigenvalue weighted by molar-refractivity contribution is -0.384. The molecule has 5 nitrogen and oxygen atoms in total. The number of nitrogens with zero attached hydrogens (tertiary/aromatic N) is 2. The second-order valence-corrected chi connectivity index (χ2v) is 4.83. The van der Waals surface area contributed by atoms with Crippen LogP contribution in [0, 0.1) is 10.1 Å². The van der Waals surface area contributed by atoms with Gasteiger partial charge in [0.2, 0.25) is 0 Å². The summed E-state index contributed by atoms with van der Waals surface area (Å²) in [6, 6.07) is 7.23. The molecule has 1 N–H and O–H groups in total. The lowest BCUT2D eigenvalue weighted by Gasteiger charge is -2.07. The van der Waals surface area contributed by atoms with Gasteiger partial charge < -0.3 is 5.32 Å². The van der Waals surface area contributed by atoms with Gasteiger partial charge in [-0.2, -0.15) is 0 Å². The van der Waals surface area contributed by atoms with Crippen molar-refractivity contribution in [1.29, 1.82) is 0 Å². The predicted octanol–water partition coefficient (Wildman–Crippen LogP) is 4.69. The minimum absolute atomic E-state index is 0.0184. The second-order valence-electron chi connectivity index (χ2n) is 3.57. The Hall–Kier alpha value is -1.56. The van der Waals surface area contributed by atoms with Gasteiger partial charge in [0.1, 0.15) is 11.0 Å². The van der Waals surface area contributed by atoms with E-state index in [2.05, 4.69) is 10.3 Å². The summed E-state index contributed by atoms with van der Waals surface area (Å²) in [7, 11) is 0. The van der Waals surface area contributed by atoms with Crippen molar-refractivity contribution in [2.24, 2.45) is 0 Å². The van der Waals surface area contributed by atoms with Crippen LogP contribution in [-0.2, 0) is 0 Å². The molecule has 8 heteroatoms. The number of pyridine rings is 1. The van der Waals surface area contributed by atoms with Crippen molar-refractivity contribution < 1.29 is 4.92 Å². The van der Waals surface area contributed by atoms with Gasteiger partial charge in [-0.05, 0) is 18.2 Å². The van der Waals surface area contributed by atoms with Gasteiger partial charge >= 0.3 is 0 Å². The molecule has 0 aliphatic heterocycles. The van der Waals surface area contributed by atoms with Gasteiger partial charge in [-0.25, -0.2) is 4.98 Å². The molecule has 0 saturated carbocycles. The summed E-state index contributed by atoms with van der Waals surface area (Å²) in [6.45, 7) is 0. The normalized spacial score (nSPS) is 10.3. The summed E-state index contributed by atoms with van der Waals surface area (Å²) < 4.78 is 0. The van der Waals surface area contributed by atoms with Crippen molar-refractivity contribution in [3.05, 3.63) is 55.6 Å². The van der Waals surface area contributed by atoms with E-state index in [0.29, 0.717) is 15.7 Å². The maximum Gasteiger partial charge on any atom is 0.276 e. The van der Waals surface area contributed by atoms with E-state index >= 15 is 0 Å². The van der Waals surface area contributed by atoms with Crippen LogP contribution in [0.2, 0.25) is 15.2 Å². The van der Waals surface area contributed by atoms with Gasteiger partial charge in [0.05, 0.1) is 17.1 Å². The number of halogens is 3. The van der Waals surface area contributed by atoms with E-state index in [1.54, 1.807) is 18.2 Å². The Morgan fingerprint density at radius 3 is 2.26 bits per heavy atom. The van der Waals surface area contributed by atoms with E-state index in [0.717, 1.165) is 6.07 Å². The molecule has 1 heterocycles. The van der Waals surface area contributed by atoms with Crippen LogP contribution >= 0.6 is 34.8 Å². The van der Waals surface area contributed by atoms with Crippen LogP contribution < -0.4 is 5.32 Å². The second kappa shape index (κ2) is 5.61. The number of aromatic nitrogens is 1. The molecule has 0 fully saturated rings. The highest BCUT2D eigenvalue weighted by Crippen LogP contribution is 2.27. The molecule has 2 aromatic rings. The third kappa shape index (κ3) is 3.70. The smallest absolute Gasteiger partial charge is 0.276 e. The Balaban J connectivity index is 2.35. The minimum atomic E-state index is -0.552. The molecule has 0 aliphatic rings. The van der Waals surface area contributed by atoms with Crippen LogP contribution in [0.4, 0.5) is 17.2 Å². The topological polar surface area (TPSA) is 68.1 Å². The molecule has 0 unspecified atom stereocenters.